The molecule has 0 atom stereocenters. The van der Waals surface area contributed by atoms with E-state index in [0.29, 0.717) is 17.6 Å². The van der Waals surface area contributed by atoms with Crippen LogP contribution in [0.4, 0.5) is 0 Å². The summed E-state index contributed by atoms with van der Waals surface area (Å²) < 4.78 is 4.78. The Hall–Kier alpha value is -3.66. The van der Waals surface area contributed by atoms with Crippen LogP contribution in [-0.4, -0.2) is 24.3 Å². The van der Waals surface area contributed by atoms with Crippen molar-refractivity contribution in [2.45, 2.75) is 0 Å². The first-order valence-electron chi connectivity index (χ1n) is 8.28. The van der Waals surface area contributed by atoms with Gasteiger partial charge in [0.25, 0.3) is 0 Å². The lowest BCUT2D eigenvalue weighted by molar-refractivity contribution is 0.104. The van der Waals surface area contributed by atoms with E-state index in [1.807, 2.05) is 66.7 Å². The molecule has 0 heterocycles. The van der Waals surface area contributed by atoms with Crippen molar-refractivity contribution in [1.82, 2.24) is 0 Å². The monoisotopic (exact) mass is 360 g/mol. The number of ketones is 1. The highest BCUT2D eigenvalue weighted by atomic mass is 16.5. The lowest BCUT2D eigenvalue weighted by Gasteiger charge is -2.01. The summed E-state index contributed by atoms with van der Waals surface area (Å²) in [5, 5.41) is 9.14. The highest BCUT2D eigenvalue weighted by Gasteiger charge is 2.00. The van der Waals surface area contributed by atoms with Gasteiger partial charge in [-0.25, -0.2) is 0 Å². The fraction of sp³-hybridized carbons (Fsp3) is 0.0435. The molecule has 4 nitrogen and oxygen atoms in total. The van der Waals surface area contributed by atoms with Gasteiger partial charge in [0.1, 0.15) is 6.29 Å². The Kier molecular flexibility index (Phi) is 7.54. The van der Waals surface area contributed by atoms with E-state index in [9.17, 15) is 9.59 Å². The van der Waals surface area contributed by atoms with Crippen LogP contribution in [0.5, 0.6) is 11.5 Å². The van der Waals surface area contributed by atoms with Crippen LogP contribution in [0.2, 0.25) is 0 Å². The number of methoxy groups -OCH3 is 1. The van der Waals surface area contributed by atoms with Crippen molar-refractivity contribution in [2.24, 2.45) is 0 Å². The number of aldehydes is 1. The van der Waals surface area contributed by atoms with Crippen molar-refractivity contribution in [3.8, 4) is 11.5 Å². The smallest absolute Gasteiger partial charge is 0.185 e. The van der Waals surface area contributed by atoms with Crippen LogP contribution in [0.15, 0.2) is 84.9 Å². The molecule has 0 saturated carbocycles. The normalized spacial score (nSPS) is 9.96. The van der Waals surface area contributed by atoms with Crippen LogP contribution in [0.25, 0.3) is 6.08 Å². The quantitative estimate of drug-likeness (QED) is 0.403. The number of rotatable bonds is 5. The third-order valence-electron chi connectivity index (χ3n) is 3.62. The van der Waals surface area contributed by atoms with E-state index >= 15 is 0 Å². The Morgan fingerprint density at radius 1 is 0.889 bits per heavy atom. The zero-order chi connectivity index (χ0) is 19.5. The third-order valence-corrected chi connectivity index (χ3v) is 3.62. The summed E-state index contributed by atoms with van der Waals surface area (Å²) in [5.41, 5.74) is 2.18. The second kappa shape index (κ2) is 10.4. The molecule has 0 radical (unpaired) electrons. The fourth-order valence-corrected chi connectivity index (χ4v) is 2.22. The van der Waals surface area contributed by atoms with Crippen molar-refractivity contribution in [3.05, 3.63) is 102 Å². The number of hydrogen-bond acceptors (Lipinski definition) is 4. The minimum absolute atomic E-state index is 0.0166. The van der Waals surface area contributed by atoms with E-state index in [2.05, 4.69) is 0 Å². The molecule has 4 heteroatoms. The molecule has 136 valence electrons. The first kappa shape index (κ1) is 19.7. The number of carbonyl (C=O) groups is 2. The number of ether oxygens (including phenoxy) is 1. The predicted octanol–water partition coefficient (Wildman–Crippen LogP) is 4.80. The number of carbonyl (C=O) groups excluding carboxylic acids is 2. The molecule has 3 aromatic rings. The second-order valence-corrected chi connectivity index (χ2v) is 5.52. The average molecular weight is 360 g/mol. The second-order valence-electron chi connectivity index (χ2n) is 5.52. The van der Waals surface area contributed by atoms with Crippen molar-refractivity contribution in [2.75, 3.05) is 7.11 Å². The summed E-state index contributed by atoms with van der Waals surface area (Å²) in [6.07, 6.45) is 4.10. The lowest BCUT2D eigenvalue weighted by atomic mass is 10.1. The number of aromatic hydroxyl groups is 1. The molecular formula is C23H20O4. The summed E-state index contributed by atoms with van der Waals surface area (Å²) in [6, 6.07) is 23.5. The van der Waals surface area contributed by atoms with Gasteiger partial charge in [0.2, 0.25) is 0 Å². The average Bonchev–Trinajstić information content (AvgIpc) is 2.73. The molecule has 27 heavy (non-hydrogen) atoms. The maximum Gasteiger partial charge on any atom is 0.185 e. The van der Waals surface area contributed by atoms with Crippen LogP contribution in [0.1, 0.15) is 26.3 Å². The van der Waals surface area contributed by atoms with E-state index < -0.39 is 0 Å². The Morgan fingerprint density at radius 2 is 1.52 bits per heavy atom. The highest BCUT2D eigenvalue weighted by molar-refractivity contribution is 6.06. The first-order chi connectivity index (χ1) is 13.1. The summed E-state index contributed by atoms with van der Waals surface area (Å²) >= 11 is 0. The van der Waals surface area contributed by atoms with Crippen LogP contribution in [-0.2, 0) is 0 Å². The molecule has 0 unspecified atom stereocenters. The standard InChI is InChI=1S/C15H12O.C8H8O3/c16-15(14-9-5-2-6-10-14)12-11-13-7-3-1-4-8-13;1-11-8-3-2-6(5-9)4-7(8)10/h1-12H;2-5,10H,1H3. The number of benzene rings is 3. The van der Waals surface area contributed by atoms with Crippen molar-refractivity contribution >= 4 is 18.1 Å². The zero-order valence-corrected chi connectivity index (χ0v) is 14.9. The summed E-state index contributed by atoms with van der Waals surface area (Å²) in [5.74, 6) is 0.386. The van der Waals surface area contributed by atoms with Crippen molar-refractivity contribution in [1.29, 1.82) is 0 Å². The molecule has 1 N–H and O–H groups in total. The van der Waals surface area contributed by atoms with Gasteiger partial charge in [-0.15, -0.1) is 0 Å². The molecule has 0 aromatic heterocycles. The highest BCUT2D eigenvalue weighted by Crippen LogP contribution is 2.25. The molecule has 3 rings (SSSR count). The molecule has 0 aliphatic heterocycles. The largest absolute Gasteiger partial charge is 0.504 e. The third kappa shape index (κ3) is 6.29. The zero-order valence-electron chi connectivity index (χ0n) is 14.9. The van der Waals surface area contributed by atoms with Crippen LogP contribution in [0.3, 0.4) is 0 Å². The van der Waals surface area contributed by atoms with Gasteiger partial charge < -0.3 is 9.84 Å². The van der Waals surface area contributed by atoms with Gasteiger partial charge in [-0.3, -0.25) is 9.59 Å². The van der Waals surface area contributed by atoms with E-state index in [1.54, 1.807) is 18.2 Å². The summed E-state index contributed by atoms with van der Waals surface area (Å²) in [7, 11) is 1.45. The summed E-state index contributed by atoms with van der Waals surface area (Å²) in [6.45, 7) is 0. The number of hydrogen-bond donors (Lipinski definition) is 1. The predicted molar refractivity (Wildman–Crippen MR) is 106 cm³/mol. The van der Waals surface area contributed by atoms with Gasteiger partial charge in [0.05, 0.1) is 7.11 Å². The van der Waals surface area contributed by atoms with Crippen molar-refractivity contribution in [3.63, 3.8) is 0 Å². The van der Waals surface area contributed by atoms with Crippen molar-refractivity contribution < 1.29 is 19.4 Å². The SMILES string of the molecule is COc1ccc(C=O)cc1O.O=C(C=Cc1ccccc1)c1ccccc1. The number of phenolic OH excluding ortho intramolecular Hbond substituents is 1. The number of allylic oxidation sites excluding steroid dienone is 1. The maximum atomic E-state index is 11.7. The number of phenols is 1. The van der Waals surface area contributed by atoms with Gasteiger partial charge in [-0.1, -0.05) is 66.7 Å². The minimum Gasteiger partial charge on any atom is -0.504 e. The van der Waals surface area contributed by atoms with Gasteiger partial charge in [-0.05, 0) is 29.8 Å². The molecule has 3 aromatic carbocycles. The first-order valence-corrected chi connectivity index (χ1v) is 8.28. The topological polar surface area (TPSA) is 63.6 Å². The molecule has 0 fully saturated rings. The molecule has 0 amide bonds. The Morgan fingerprint density at radius 3 is 2.07 bits per heavy atom. The van der Waals surface area contributed by atoms with Gasteiger partial charge in [0, 0.05) is 11.1 Å². The maximum absolute atomic E-state index is 11.7. The molecule has 0 aliphatic rings. The minimum atomic E-state index is -0.0166. The molecule has 0 saturated heterocycles. The van der Waals surface area contributed by atoms with E-state index in [4.69, 9.17) is 9.84 Å². The van der Waals surface area contributed by atoms with Crippen LogP contribution in [0, 0.1) is 0 Å². The Labute approximate surface area is 158 Å². The van der Waals surface area contributed by atoms with Gasteiger partial charge in [0.15, 0.2) is 17.3 Å². The van der Waals surface area contributed by atoms with Gasteiger partial charge >= 0.3 is 0 Å². The Balaban J connectivity index is 0.000000208. The molecule has 0 bridgehead atoms. The molecular weight excluding hydrogens is 340 g/mol. The van der Waals surface area contributed by atoms with Crippen LogP contribution >= 0.6 is 0 Å². The van der Waals surface area contributed by atoms with Gasteiger partial charge in [-0.2, -0.15) is 0 Å². The molecule has 0 aliphatic carbocycles. The molecule has 0 spiro atoms. The fourth-order valence-electron chi connectivity index (χ4n) is 2.22. The van der Waals surface area contributed by atoms with Crippen LogP contribution < -0.4 is 4.74 Å². The lowest BCUT2D eigenvalue weighted by Crippen LogP contribution is -1.92. The van der Waals surface area contributed by atoms with E-state index in [1.165, 1.54) is 13.2 Å². The van der Waals surface area contributed by atoms with E-state index in [0.717, 1.165) is 11.1 Å². The van der Waals surface area contributed by atoms with E-state index in [-0.39, 0.29) is 11.5 Å². The summed E-state index contributed by atoms with van der Waals surface area (Å²) in [4.78, 5) is 21.9. The Bertz CT molecular complexity index is 900.